The van der Waals surface area contributed by atoms with Crippen molar-refractivity contribution in [1.29, 1.82) is 0 Å². The molecule has 4 nitrogen and oxygen atoms in total. The van der Waals surface area contributed by atoms with Gasteiger partial charge in [-0.15, -0.1) is 11.8 Å². The van der Waals surface area contributed by atoms with Gasteiger partial charge in [0.15, 0.2) is 0 Å². The Morgan fingerprint density at radius 3 is 2.39 bits per heavy atom. The number of benzene rings is 1. The van der Waals surface area contributed by atoms with Crippen LogP contribution in [0.1, 0.15) is 18.9 Å². The van der Waals surface area contributed by atoms with Gasteiger partial charge in [-0.3, -0.25) is 9.59 Å². The molecule has 0 radical (unpaired) electrons. The summed E-state index contributed by atoms with van der Waals surface area (Å²) in [5.41, 5.74) is 0.960. The lowest BCUT2D eigenvalue weighted by Gasteiger charge is -2.10. The second kappa shape index (κ2) is 7.06. The summed E-state index contributed by atoms with van der Waals surface area (Å²) in [5.74, 6) is -2.47. The van der Waals surface area contributed by atoms with E-state index < -0.39 is 17.8 Å². The SMILES string of the molecule is CCC(C(=O)O)C(=O)NCc1ccc(SC)cc1. The molecule has 0 aromatic heterocycles. The number of thioether (sulfide) groups is 1. The minimum Gasteiger partial charge on any atom is -0.481 e. The van der Waals surface area contributed by atoms with E-state index >= 15 is 0 Å². The van der Waals surface area contributed by atoms with Crippen LogP contribution in [0.4, 0.5) is 0 Å². The first kappa shape index (κ1) is 14.6. The van der Waals surface area contributed by atoms with Crippen LogP contribution in [0.5, 0.6) is 0 Å². The van der Waals surface area contributed by atoms with Gasteiger partial charge in [-0.2, -0.15) is 0 Å². The molecule has 1 unspecified atom stereocenters. The lowest BCUT2D eigenvalue weighted by molar-refractivity contribution is -0.147. The van der Waals surface area contributed by atoms with Crippen molar-refractivity contribution in [2.75, 3.05) is 6.26 Å². The highest BCUT2D eigenvalue weighted by Gasteiger charge is 2.23. The quantitative estimate of drug-likeness (QED) is 0.612. The molecule has 1 aromatic rings. The van der Waals surface area contributed by atoms with Gasteiger partial charge in [0.1, 0.15) is 5.92 Å². The second-order valence-corrected chi connectivity index (χ2v) is 4.74. The molecule has 1 aromatic carbocycles. The summed E-state index contributed by atoms with van der Waals surface area (Å²) >= 11 is 1.65. The molecule has 0 bridgehead atoms. The van der Waals surface area contributed by atoms with Gasteiger partial charge in [0.25, 0.3) is 0 Å². The van der Waals surface area contributed by atoms with E-state index in [1.807, 2.05) is 30.5 Å². The lowest BCUT2D eigenvalue weighted by atomic mass is 10.1. The van der Waals surface area contributed by atoms with E-state index in [9.17, 15) is 9.59 Å². The molecular formula is C13H17NO3S. The average Bonchev–Trinajstić information content (AvgIpc) is 2.37. The summed E-state index contributed by atoms with van der Waals surface area (Å²) in [6.45, 7) is 2.04. The van der Waals surface area contributed by atoms with E-state index in [4.69, 9.17) is 5.11 Å². The third kappa shape index (κ3) is 4.07. The van der Waals surface area contributed by atoms with Gasteiger partial charge < -0.3 is 10.4 Å². The zero-order valence-corrected chi connectivity index (χ0v) is 11.3. The van der Waals surface area contributed by atoms with Crippen LogP contribution in [0.3, 0.4) is 0 Å². The van der Waals surface area contributed by atoms with Crippen LogP contribution < -0.4 is 5.32 Å². The fourth-order valence-electron chi connectivity index (χ4n) is 1.53. The summed E-state index contributed by atoms with van der Waals surface area (Å²) < 4.78 is 0. The van der Waals surface area contributed by atoms with Gasteiger partial charge in [-0.25, -0.2) is 0 Å². The van der Waals surface area contributed by atoms with Crippen molar-refractivity contribution in [3.8, 4) is 0 Å². The van der Waals surface area contributed by atoms with Crippen molar-refractivity contribution < 1.29 is 14.7 Å². The highest BCUT2D eigenvalue weighted by molar-refractivity contribution is 7.98. The molecule has 0 aliphatic heterocycles. The van der Waals surface area contributed by atoms with Crippen LogP contribution in [0.2, 0.25) is 0 Å². The standard InChI is InChI=1S/C13H17NO3S/c1-3-11(13(16)17)12(15)14-8-9-4-6-10(18-2)7-5-9/h4-7,11H,3,8H2,1-2H3,(H,14,15)(H,16,17). The first-order valence-electron chi connectivity index (χ1n) is 5.72. The topological polar surface area (TPSA) is 66.4 Å². The van der Waals surface area contributed by atoms with Crippen LogP contribution in [0.15, 0.2) is 29.2 Å². The Morgan fingerprint density at radius 1 is 1.33 bits per heavy atom. The molecule has 1 rings (SSSR count). The van der Waals surface area contributed by atoms with E-state index in [2.05, 4.69) is 5.32 Å². The van der Waals surface area contributed by atoms with Gasteiger partial charge in [-0.1, -0.05) is 19.1 Å². The van der Waals surface area contributed by atoms with E-state index in [0.29, 0.717) is 13.0 Å². The monoisotopic (exact) mass is 267 g/mol. The molecule has 0 saturated carbocycles. The number of rotatable bonds is 6. The van der Waals surface area contributed by atoms with Crippen molar-refractivity contribution >= 4 is 23.6 Å². The van der Waals surface area contributed by atoms with E-state index in [0.717, 1.165) is 10.5 Å². The molecule has 0 heterocycles. The van der Waals surface area contributed by atoms with Crippen LogP contribution in [-0.4, -0.2) is 23.2 Å². The van der Waals surface area contributed by atoms with Gasteiger partial charge in [-0.05, 0) is 30.4 Å². The van der Waals surface area contributed by atoms with Crippen LogP contribution >= 0.6 is 11.8 Å². The molecule has 0 saturated heterocycles. The number of carboxylic acids is 1. The fraction of sp³-hybridized carbons (Fsp3) is 0.385. The normalized spacial score (nSPS) is 11.9. The molecule has 0 fully saturated rings. The second-order valence-electron chi connectivity index (χ2n) is 3.86. The summed E-state index contributed by atoms with van der Waals surface area (Å²) in [5, 5.41) is 11.5. The molecule has 1 amide bonds. The third-order valence-electron chi connectivity index (χ3n) is 2.65. The molecule has 0 aliphatic carbocycles. The lowest BCUT2D eigenvalue weighted by Crippen LogP contribution is -2.34. The smallest absolute Gasteiger partial charge is 0.316 e. The summed E-state index contributed by atoms with van der Waals surface area (Å²) in [6, 6.07) is 7.79. The Bertz CT molecular complexity index is 417. The Labute approximate surface area is 111 Å². The van der Waals surface area contributed by atoms with Crippen LogP contribution in [0.25, 0.3) is 0 Å². The maximum atomic E-state index is 11.6. The third-order valence-corrected chi connectivity index (χ3v) is 3.39. The summed E-state index contributed by atoms with van der Waals surface area (Å²) in [7, 11) is 0. The number of carboxylic acid groups (broad SMARTS) is 1. The predicted octanol–water partition coefficient (Wildman–Crippen LogP) is 2.14. The maximum absolute atomic E-state index is 11.6. The molecule has 2 N–H and O–H groups in total. The fourth-order valence-corrected chi connectivity index (χ4v) is 1.94. The Balaban J connectivity index is 2.53. The van der Waals surface area contributed by atoms with E-state index in [1.165, 1.54) is 0 Å². The van der Waals surface area contributed by atoms with Crippen molar-refractivity contribution in [1.82, 2.24) is 5.32 Å². The van der Waals surface area contributed by atoms with Crippen LogP contribution in [-0.2, 0) is 16.1 Å². The Morgan fingerprint density at radius 2 is 1.94 bits per heavy atom. The highest BCUT2D eigenvalue weighted by atomic mass is 32.2. The van der Waals surface area contributed by atoms with Crippen LogP contribution in [0, 0.1) is 5.92 Å². The maximum Gasteiger partial charge on any atom is 0.316 e. The van der Waals surface area contributed by atoms with Crippen molar-refractivity contribution in [3.63, 3.8) is 0 Å². The first-order valence-corrected chi connectivity index (χ1v) is 6.94. The molecular weight excluding hydrogens is 250 g/mol. The average molecular weight is 267 g/mol. The molecule has 1 atom stereocenters. The number of amides is 1. The predicted molar refractivity (Wildman–Crippen MR) is 71.5 cm³/mol. The number of hydrogen-bond donors (Lipinski definition) is 2. The molecule has 0 spiro atoms. The van der Waals surface area contributed by atoms with Gasteiger partial charge >= 0.3 is 5.97 Å². The number of carbonyl (C=O) groups excluding carboxylic acids is 1. The molecule has 18 heavy (non-hydrogen) atoms. The van der Waals surface area contributed by atoms with Gasteiger partial charge in [0.05, 0.1) is 0 Å². The number of nitrogens with one attached hydrogen (secondary N) is 1. The Hall–Kier alpha value is -1.49. The van der Waals surface area contributed by atoms with E-state index in [-0.39, 0.29) is 0 Å². The molecule has 98 valence electrons. The summed E-state index contributed by atoms with van der Waals surface area (Å²) in [4.78, 5) is 23.6. The van der Waals surface area contributed by atoms with Crippen molar-refractivity contribution in [3.05, 3.63) is 29.8 Å². The zero-order valence-electron chi connectivity index (χ0n) is 10.5. The Kier molecular flexibility index (Phi) is 5.71. The van der Waals surface area contributed by atoms with Gasteiger partial charge in [0, 0.05) is 11.4 Å². The minimum absolute atomic E-state index is 0.298. The zero-order chi connectivity index (χ0) is 13.5. The number of hydrogen-bond acceptors (Lipinski definition) is 3. The summed E-state index contributed by atoms with van der Waals surface area (Å²) in [6.07, 6.45) is 2.29. The molecule has 5 heteroatoms. The highest BCUT2D eigenvalue weighted by Crippen LogP contribution is 2.14. The van der Waals surface area contributed by atoms with Gasteiger partial charge in [0.2, 0.25) is 5.91 Å². The van der Waals surface area contributed by atoms with Crippen molar-refractivity contribution in [2.45, 2.75) is 24.8 Å². The van der Waals surface area contributed by atoms with Crippen molar-refractivity contribution in [2.24, 2.45) is 5.92 Å². The molecule has 0 aliphatic rings. The van der Waals surface area contributed by atoms with E-state index in [1.54, 1.807) is 18.7 Å². The first-order chi connectivity index (χ1) is 8.58. The number of carbonyl (C=O) groups is 2. The largest absolute Gasteiger partial charge is 0.481 e. The number of aliphatic carboxylic acids is 1. The minimum atomic E-state index is -1.08.